The average Bonchev–Trinajstić information content (AvgIpc) is 2.94. The minimum Gasteiger partial charge on any atom is -0.399 e. The molecule has 0 atom stereocenters. The standard InChI is InChI=1S/C26H25BO2/c1-25(2)26(3,4)29-27(28-25)20-15-16-22-19(17-20)11-8-14-24(22)23-13-7-10-18-9-5-6-12-21(18)23/h5-17H,1-4H3. The van der Waals surface area contributed by atoms with Crippen LogP contribution in [0.5, 0.6) is 0 Å². The van der Waals surface area contributed by atoms with Gasteiger partial charge in [-0.3, -0.25) is 0 Å². The quantitative estimate of drug-likeness (QED) is 0.400. The van der Waals surface area contributed by atoms with Gasteiger partial charge in [-0.25, -0.2) is 0 Å². The molecule has 0 spiro atoms. The molecule has 0 N–H and O–H groups in total. The van der Waals surface area contributed by atoms with Crippen LogP contribution in [-0.2, 0) is 9.31 Å². The van der Waals surface area contributed by atoms with E-state index in [2.05, 4.69) is 107 Å². The summed E-state index contributed by atoms with van der Waals surface area (Å²) in [5.41, 5.74) is 2.90. The molecule has 0 amide bonds. The van der Waals surface area contributed by atoms with Crippen molar-refractivity contribution in [1.29, 1.82) is 0 Å². The summed E-state index contributed by atoms with van der Waals surface area (Å²) in [7, 11) is -0.342. The second-order valence-electron chi connectivity index (χ2n) is 8.90. The minimum absolute atomic E-state index is 0.336. The fourth-order valence-electron chi connectivity index (χ4n) is 4.12. The molecule has 0 radical (unpaired) electrons. The number of rotatable bonds is 2. The lowest BCUT2D eigenvalue weighted by Gasteiger charge is -2.32. The van der Waals surface area contributed by atoms with E-state index in [0.29, 0.717) is 0 Å². The summed E-state index contributed by atoms with van der Waals surface area (Å²) in [5.74, 6) is 0. The first kappa shape index (κ1) is 18.4. The summed E-state index contributed by atoms with van der Waals surface area (Å²) < 4.78 is 12.5. The molecule has 144 valence electrons. The highest BCUT2D eigenvalue weighted by atomic mass is 16.7. The molecular formula is C26H25BO2. The Kier molecular flexibility index (Phi) is 4.09. The maximum atomic E-state index is 6.25. The molecule has 4 aromatic carbocycles. The van der Waals surface area contributed by atoms with E-state index in [-0.39, 0.29) is 18.3 Å². The Labute approximate surface area is 172 Å². The van der Waals surface area contributed by atoms with E-state index >= 15 is 0 Å². The van der Waals surface area contributed by atoms with E-state index in [1.165, 1.54) is 32.7 Å². The first-order valence-corrected chi connectivity index (χ1v) is 10.2. The first-order chi connectivity index (χ1) is 13.9. The Balaban J connectivity index is 1.62. The summed E-state index contributed by atoms with van der Waals surface area (Å²) >= 11 is 0. The molecule has 1 aliphatic rings. The zero-order chi connectivity index (χ0) is 20.2. The van der Waals surface area contributed by atoms with Gasteiger partial charge < -0.3 is 9.31 Å². The third-order valence-corrected chi connectivity index (χ3v) is 6.51. The smallest absolute Gasteiger partial charge is 0.399 e. The largest absolute Gasteiger partial charge is 0.494 e. The van der Waals surface area contributed by atoms with E-state index in [1.54, 1.807) is 0 Å². The van der Waals surface area contributed by atoms with Gasteiger partial charge in [0.15, 0.2) is 0 Å². The van der Waals surface area contributed by atoms with Crippen molar-refractivity contribution in [2.75, 3.05) is 0 Å². The monoisotopic (exact) mass is 380 g/mol. The van der Waals surface area contributed by atoms with Gasteiger partial charge in [0.2, 0.25) is 0 Å². The molecular weight excluding hydrogens is 355 g/mol. The Bertz CT molecular complexity index is 1200. The molecule has 0 unspecified atom stereocenters. The Morgan fingerprint density at radius 1 is 0.586 bits per heavy atom. The van der Waals surface area contributed by atoms with E-state index < -0.39 is 0 Å². The lowest BCUT2D eigenvalue weighted by atomic mass is 9.78. The number of hydrogen-bond donors (Lipinski definition) is 0. The minimum atomic E-state index is -0.342. The van der Waals surface area contributed by atoms with E-state index in [4.69, 9.17) is 9.31 Å². The van der Waals surface area contributed by atoms with Gasteiger partial charge in [0.05, 0.1) is 11.2 Å². The van der Waals surface area contributed by atoms with E-state index in [0.717, 1.165) is 5.46 Å². The summed E-state index contributed by atoms with van der Waals surface area (Å²) in [6.45, 7) is 8.36. The van der Waals surface area contributed by atoms with Crippen molar-refractivity contribution in [3.63, 3.8) is 0 Å². The van der Waals surface area contributed by atoms with Gasteiger partial charge >= 0.3 is 7.12 Å². The van der Waals surface area contributed by atoms with Gasteiger partial charge in [0.1, 0.15) is 0 Å². The van der Waals surface area contributed by atoms with E-state index in [9.17, 15) is 0 Å². The van der Waals surface area contributed by atoms with Crippen molar-refractivity contribution < 1.29 is 9.31 Å². The van der Waals surface area contributed by atoms with Crippen LogP contribution in [0.3, 0.4) is 0 Å². The molecule has 0 aromatic heterocycles. The van der Waals surface area contributed by atoms with Crippen LogP contribution in [0.15, 0.2) is 78.9 Å². The lowest BCUT2D eigenvalue weighted by Crippen LogP contribution is -2.41. The van der Waals surface area contributed by atoms with Crippen molar-refractivity contribution in [3.05, 3.63) is 78.9 Å². The van der Waals surface area contributed by atoms with Crippen LogP contribution in [0.1, 0.15) is 27.7 Å². The van der Waals surface area contributed by atoms with Crippen LogP contribution in [0.25, 0.3) is 32.7 Å². The Morgan fingerprint density at radius 3 is 1.83 bits per heavy atom. The summed E-state index contributed by atoms with van der Waals surface area (Å²) in [4.78, 5) is 0. The van der Waals surface area contributed by atoms with Gasteiger partial charge in [0, 0.05) is 0 Å². The van der Waals surface area contributed by atoms with Gasteiger partial charge in [-0.05, 0) is 65.8 Å². The summed E-state index contributed by atoms with van der Waals surface area (Å²) in [6.07, 6.45) is 0. The van der Waals surface area contributed by atoms with Crippen LogP contribution in [-0.4, -0.2) is 18.3 Å². The molecule has 4 aromatic rings. The second kappa shape index (κ2) is 6.45. The highest BCUT2D eigenvalue weighted by molar-refractivity contribution is 6.62. The van der Waals surface area contributed by atoms with Crippen LogP contribution in [0.2, 0.25) is 0 Å². The van der Waals surface area contributed by atoms with Crippen molar-refractivity contribution in [3.8, 4) is 11.1 Å². The third-order valence-electron chi connectivity index (χ3n) is 6.51. The maximum Gasteiger partial charge on any atom is 0.494 e. The molecule has 0 aliphatic carbocycles. The summed E-state index contributed by atoms with van der Waals surface area (Å²) in [5, 5.41) is 4.97. The zero-order valence-corrected chi connectivity index (χ0v) is 17.4. The van der Waals surface area contributed by atoms with Gasteiger partial charge in [-0.1, -0.05) is 78.9 Å². The molecule has 1 heterocycles. The van der Waals surface area contributed by atoms with Crippen molar-refractivity contribution >= 4 is 34.1 Å². The molecule has 1 aliphatic heterocycles. The Hall–Kier alpha value is -2.62. The molecule has 0 bridgehead atoms. The van der Waals surface area contributed by atoms with Gasteiger partial charge in [0.25, 0.3) is 0 Å². The zero-order valence-electron chi connectivity index (χ0n) is 17.4. The second-order valence-corrected chi connectivity index (χ2v) is 8.90. The van der Waals surface area contributed by atoms with E-state index in [1.807, 2.05) is 0 Å². The number of benzene rings is 4. The third kappa shape index (κ3) is 2.97. The SMILES string of the molecule is CC1(C)OB(c2ccc3c(-c4cccc5ccccc45)cccc3c2)OC1(C)C. The molecule has 0 saturated carbocycles. The molecule has 2 nitrogen and oxygen atoms in total. The van der Waals surface area contributed by atoms with Crippen molar-refractivity contribution in [2.45, 2.75) is 38.9 Å². The van der Waals surface area contributed by atoms with Crippen molar-refractivity contribution in [2.24, 2.45) is 0 Å². The fourth-order valence-corrected chi connectivity index (χ4v) is 4.12. The highest BCUT2D eigenvalue weighted by Crippen LogP contribution is 2.37. The fraction of sp³-hybridized carbons (Fsp3) is 0.231. The molecule has 1 fully saturated rings. The Morgan fingerprint density at radius 2 is 1.14 bits per heavy atom. The maximum absolute atomic E-state index is 6.25. The molecule has 1 saturated heterocycles. The predicted molar refractivity (Wildman–Crippen MR) is 123 cm³/mol. The topological polar surface area (TPSA) is 18.5 Å². The molecule has 5 rings (SSSR count). The molecule has 29 heavy (non-hydrogen) atoms. The summed E-state index contributed by atoms with van der Waals surface area (Å²) in [6, 6.07) is 28.1. The highest BCUT2D eigenvalue weighted by Gasteiger charge is 2.51. The van der Waals surface area contributed by atoms with Gasteiger partial charge in [-0.15, -0.1) is 0 Å². The van der Waals surface area contributed by atoms with Crippen LogP contribution in [0, 0.1) is 0 Å². The normalized spacial score (nSPS) is 17.9. The first-order valence-electron chi connectivity index (χ1n) is 10.2. The average molecular weight is 380 g/mol. The van der Waals surface area contributed by atoms with Gasteiger partial charge in [-0.2, -0.15) is 0 Å². The number of hydrogen-bond acceptors (Lipinski definition) is 2. The molecule has 3 heteroatoms. The number of fused-ring (bicyclic) bond motifs is 2. The lowest BCUT2D eigenvalue weighted by molar-refractivity contribution is 0.00578. The van der Waals surface area contributed by atoms with Crippen LogP contribution >= 0.6 is 0 Å². The van der Waals surface area contributed by atoms with Crippen LogP contribution < -0.4 is 5.46 Å². The van der Waals surface area contributed by atoms with Crippen molar-refractivity contribution in [1.82, 2.24) is 0 Å². The van der Waals surface area contributed by atoms with Crippen LogP contribution in [0.4, 0.5) is 0 Å². The predicted octanol–water partition coefficient (Wildman–Crippen LogP) is 5.96.